The highest BCUT2D eigenvalue weighted by Gasteiger charge is 2.29. The van der Waals surface area contributed by atoms with Crippen LogP contribution in [0.4, 0.5) is 5.69 Å². The summed E-state index contributed by atoms with van der Waals surface area (Å²) in [5, 5.41) is 6.54. The average molecular weight is 500 g/mol. The summed E-state index contributed by atoms with van der Waals surface area (Å²) in [5.41, 5.74) is 1.47. The number of hydrogen-bond acceptors (Lipinski definition) is 5. The predicted molar refractivity (Wildman–Crippen MR) is 138 cm³/mol. The van der Waals surface area contributed by atoms with Crippen LogP contribution in [0, 0.1) is 5.92 Å². The quantitative estimate of drug-likeness (QED) is 0.549. The Labute approximate surface area is 209 Å². The Morgan fingerprint density at radius 2 is 1.69 bits per heavy atom. The van der Waals surface area contributed by atoms with Crippen molar-refractivity contribution in [2.24, 2.45) is 5.92 Å². The molecule has 1 atom stereocenters. The fourth-order valence-electron chi connectivity index (χ4n) is 4.92. The molecule has 1 aliphatic carbocycles. The summed E-state index contributed by atoms with van der Waals surface area (Å²) in [4.78, 5) is 13.6. The monoisotopic (exact) mass is 499 g/mol. The summed E-state index contributed by atoms with van der Waals surface area (Å²) in [6, 6.07) is 13.7. The summed E-state index contributed by atoms with van der Waals surface area (Å²) in [6.45, 7) is 3.28. The molecule has 1 heterocycles. The summed E-state index contributed by atoms with van der Waals surface area (Å²) in [6.07, 6.45) is 7.25. The van der Waals surface area contributed by atoms with Crippen LogP contribution in [0.2, 0.25) is 0 Å². The van der Waals surface area contributed by atoms with E-state index in [2.05, 4.69) is 17.6 Å². The number of hydrogen-bond donors (Lipinski definition) is 2. The molecule has 190 valence electrons. The van der Waals surface area contributed by atoms with Crippen molar-refractivity contribution in [2.75, 3.05) is 25.5 Å². The molecule has 2 N–H and O–H groups in total. The van der Waals surface area contributed by atoms with Crippen LogP contribution in [0.25, 0.3) is 0 Å². The van der Waals surface area contributed by atoms with E-state index >= 15 is 0 Å². The van der Waals surface area contributed by atoms with E-state index < -0.39 is 16.1 Å². The zero-order valence-electron chi connectivity index (χ0n) is 20.7. The van der Waals surface area contributed by atoms with Crippen LogP contribution in [0.1, 0.15) is 63.5 Å². The number of amides is 1. The highest BCUT2D eigenvalue weighted by molar-refractivity contribution is 7.89. The first-order valence-corrected chi connectivity index (χ1v) is 14.1. The van der Waals surface area contributed by atoms with E-state index in [1.807, 2.05) is 24.3 Å². The first kappa shape index (κ1) is 25.5. The SMILES string of the molecule is COc1cccc(C(Nc2ccc(S(=O)(=O)N3CCC(C)CC3)cc2)C(=O)NC2CCCCC2)c1. The van der Waals surface area contributed by atoms with Crippen molar-refractivity contribution in [1.29, 1.82) is 0 Å². The number of anilines is 1. The van der Waals surface area contributed by atoms with Crippen molar-refractivity contribution in [3.05, 3.63) is 54.1 Å². The molecule has 1 amide bonds. The zero-order chi connectivity index (χ0) is 24.8. The number of ether oxygens (including phenoxy) is 1. The molecule has 0 aromatic heterocycles. The van der Waals surface area contributed by atoms with Gasteiger partial charge in [-0.2, -0.15) is 4.31 Å². The highest BCUT2D eigenvalue weighted by Crippen LogP contribution is 2.28. The first-order chi connectivity index (χ1) is 16.9. The summed E-state index contributed by atoms with van der Waals surface area (Å²) < 4.78 is 33.1. The molecule has 2 fully saturated rings. The number of sulfonamides is 1. The van der Waals surface area contributed by atoms with Gasteiger partial charge < -0.3 is 15.4 Å². The second-order valence-corrected chi connectivity index (χ2v) is 11.7. The third-order valence-corrected chi connectivity index (χ3v) is 9.10. The number of rotatable bonds is 8. The molecule has 0 radical (unpaired) electrons. The molecule has 1 saturated carbocycles. The lowest BCUT2D eigenvalue weighted by atomic mass is 9.95. The van der Waals surface area contributed by atoms with Gasteiger partial charge in [0, 0.05) is 24.8 Å². The molecule has 8 heteroatoms. The minimum Gasteiger partial charge on any atom is -0.497 e. The summed E-state index contributed by atoms with van der Waals surface area (Å²) in [7, 11) is -1.91. The Kier molecular flexibility index (Phi) is 8.34. The molecule has 0 spiro atoms. The Balaban J connectivity index is 1.52. The molecular weight excluding hydrogens is 462 g/mol. The van der Waals surface area contributed by atoms with Gasteiger partial charge in [-0.05, 0) is 73.6 Å². The van der Waals surface area contributed by atoms with Crippen molar-refractivity contribution >= 4 is 21.6 Å². The van der Waals surface area contributed by atoms with Gasteiger partial charge in [0.25, 0.3) is 0 Å². The number of carbonyl (C=O) groups is 1. The van der Waals surface area contributed by atoms with E-state index in [9.17, 15) is 13.2 Å². The molecule has 1 aliphatic heterocycles. The topological polar surface area (TPSA) is 87.7 Å². The Morgan fingerprint density at radius 3 is 2.34 bits per heavy atom. The van der Waals surface area contributed by atoms with E-state index in [0.717, 1.165) is 44.1 Å². The minimum absolute atomic E-state index is 0.0933. The normalized spacial score (nSPS) is 19.1. The van der Waals surface area contributed by atoms with Gasteiger partial charge in [0.15, 0.2) is 0 Å². The largest absolute Gasteiger partial charge is 0.497 e. The van der Waals surface area contributed by atoms with Crippen molar-refractivity contribution in [3.63, 3.8) is 0 Å². The molecule has 0 bridgehead atoms. The molecule has 1 unspecified atom stereocenters. The van der Waals surface area contributed by atoms with E-state index in [1.165, 1.54) is 6.42 Å². The maximum absolute atomic E-state index is 13.4. The van der Waals surface area contributed by atoms with Gasteiger partial charge >= 0.3 is 0 Å². The standard InChI is InChI=1S/C27H37N3O4S/c1-20-15-17-30(18-16-20)35(32,33)25-13-11-23(12-14-25)28-26(21-7-6-10-24(19-21)34-2)27(31)29-22-8-4-3-5-9-22/h6-7,10-14,19-20,22,26,28H,3-5,8-9,15-18H2,1-2H3,(H,29,31). The average Bonchev–Trinajstić information content (AvgIpc) is 2.88. The molecule has 1 saturated heterocycles. The number of methoxy groups -OCH3 is 1. The van der Waals surface area contributed by atoms with Gasteiger partial charge in [-0.3, -0.25) is 4.79 Å². The van der Waals surface area contributed by atoms with Crippen LogP contribution < -0.4 is 15.4 Å². The molecule has 35 heavy (non-hydrogen) atoms. The zero-order valence-corrected chi connectivity index (χ0v) is 21.5. The molecule has 2 aromatic carbocycles. The van der Waals surface area contributed by atoms with Gasteiger partial charge in [0.1, 0.15) is 11.8 Å². The Morgan fingerprint density at radius 1 is 1.00 bits per heavy atom. The summed E-state index contributed by atoms with van der Waals surface area (Å²) >= 11 is 0. The van der Waals surface area contributed by atoms with E-state index in [-0.39, 0.29) is 16.8 Å². The van der Waals surface area contributed by atoms with Crippen LogP contribution >= 0.6 is 0 Å². The second kappa shape index (κ2) is 11.4. The van der Waals surface area contributed by atoms with Crippen LogP contribution in [-0.4, -0.2) is 44.9 Å². The van der Waals surface area contributed by atoms with Crippen LogP contribution in [0.5, 0.6) is 5.75 Å². The number of nitrogens with one attached hydrogen (secondary N) is 2. The third-order valence-electron chi connectivity index (χ3n) is 7.19. The van der Waals surface area contributed by atoms with Gasteiger partial charge in [-0.15, -0.1) is 0 Å². The van der Waals surface area contributed by atoms with Crippen LogP contribution in [0.3, 0.4) is 0 Å². The number of nitrogens with zero attached hydrogens (tertiary/aromatic N) is 1. The first-order valence-electron chi connectivity index (χ1n) is 12.7. The van der Waals surface area contributed by atoms with Crippen LogP contribution in [-0.2, 0) is 14.8 Å². The summed E-state index contributed by atoms with van der Waals surface area (Å²) in [5.74, 6) is 1.14. The predicted octanol–water partition coefficient (Wildman–Crippen LogP) is 4.72. The Bertz CT molecular complexity index is 1090. The van der Waals surface area contributed by atoms with Gasteiger partial charge in [0.05, 0.1) is 12.0 Å². The van der Waals surface area contributed by atoms with E-state index in [1.54, 1.807) is 35.7 Å². The molecule has 2 aromatic rings. The highest BCUT2D eigenvalue weighted by atomic mass is 32.2. The van der Waals surface area contributed by atoms with Crippen molar-refractivity contribution in [1.82, 2.24) is 9.62 Å². The second-order valence-electron chi connectivity index (χ2n) is 9.81. The fourth-order valence-corrected chi connectivity index (χ4v) is 6.39. The molecule has 4 rings (SSSR count). The van der Waals surface area contributed by atoms with E-state index in [4.69, 9.17) is 4.74 Å². The van der Waals surface area contributed by atoms with Crippen molar-refractivity contribution in [3.8, 4) is 5.75 Å². The van der Waals surface area contributed by atoms with E-state index in [0.29, 0.717) is 30.4 Å². The minimum atomic E-state index is -3.52. The van der Waals surface area contributed by atoms with Crippen LogP contribution in [0.15, 0.2) is 53.4 Å². The molecular formula is C27H37N3O4S. The van der Waals surface area contributed by atoms with Gasteiger partial charge in [0.2, 0.25) is 15.9 Å². The van der Waals surface area contributed by atoms with Gasteiger partial charge in [-0.1, -0.05) is 38.3 Å². The fraction of sp³-hybridized carbons (Fsp3) is 0.519. The van der Waals surface area contributed by atoms with Crippen molar-refractivity contribution in [2.45, 2.75) is 68.8 Å². The van der Waals surface area contributed by atoms with Crippen molar-refractivity contribution < 1.29 is 17.9 Å². The number of benzene rings is 2. The lowest BCUT2D eigenvalue weighted by Crippen LogP contribution is -2.41. The third kappa shape index (κ3) is 6.35. The number of carbonyl (C=O) groups excluding carboxylic acids is 1. The molecule has 2 aliphatic rings. The smallest absolute Gasteiger partial charge is 0.247 e. The lowest BCUT2D eigenvalue weighted by Gasteiger charge is -2.29. The maximum atomic E-state index is 13.4. The maximum Gasteiger partial charge on any atom is 0.247 e. The van der Waals surface area contributed by atoms with Gasteiger partial charge in [-0.25, -0.2) is 8.42 Å². The molecule has 7 nitrogen and oxygen atoms in total. The Hall–Kier alpha value is -2.58. The number of piperidine rings is 1. The lowest BCUT2D eigenvalue weighted by molar-refractivity contribution is -0.122.